The first-order chi connectivity index (χ1) is 7.04. The summed E-state index contributed by atoms with van der Waals surface area (Å²) in [5.74, 6) is -2.69. The van der Waals surface area contributed by atoms with Crippen LogP contribution in [0, 0.1) is 11.6 Å². The van der Waals surface area contributed by atoms with Crippen LogP contribution in [0.4, 0.5) is 14.5 Å². The highest BCUT2D eigenvalue weighted by molar-refractivity contribution is 5.72. The van der Waals surface area contributed by atoms with Crippen molar-refractivity contribution in [2.45, 2.75) is 19.8 Å². The Balaban J connectivity index is 2.86. The fourth-order valence-electron chi connectivity index (χ4n) is 1.000. The molecular weight excluding hydrogens is 204 g/mol. The molecule has 0 aliphatic carbocycles. The van der Waals surface area contributed by atoms with E-state index in [1.165, 1.54) is 0 Å². The number of anilines is 1. The largest absolute Gasteiger partial charge is 0.423 e. The quantitative estimate of drug-likeness (QED) is 0.478. The van der Waals surface area contributed by atoms with Crippen LogP contribution in [-0.4, -0.2) is 5.97 Å². The van der Waals surface area contributed by atoms with Gasteiger partial charge in [0.2, 0.25) is 0 Å². The molecule has 0 unspecified atom stereocenters. The van der Waals surface area contributed by atoms with Crippen molar-refractivity contribution in [1.29, 1.82) is 0 Å². The van der Waals surface area contributed by atoms with Crippen LogP contribution >= 0.6 is 0 Å². The van der Waals surface area contributed by atoms with E-state index in [9.17, 15) is 13.6 Å². The van der Waals surface area contributed by atoms with Gasteiger partial charge in [-0.1, -0.05) is 6.92 Å². The van der Waals surface area contributed by atoms with E-state index in [4.69, 9.17) is 5.73 Å². The Morgan fingerprint density at radius 1 is 1.40 bits per heavy atom. The van der Waals surface area contributed by atoms with E-state index >= 15 is 0 Å². The molecule has 0 atom stereocenters. The van der Waals surface area contributed by atoms with Crippen LogP contribution < -0.4 is 10.5 Å². The van der Waals surface area contributed by atoms with Crippen LogP contribution in [0.5, 0.6) is 5.75 Å². The maximum atomic E-state index is 13.1. The standard InChI is InChI=1S/C10H11F2NO2/c1-2-3-10(14)15-9-5-6(11)8(13)4-7(9)12/h4-5H,2-3,13H2,1H3. The number of halogens is 2. The molecule has 1 rings (SSSR count). The molecule has 15 heavy (non-hydrogen) atoms. The van der Waals surface area contributed by atoms with Gasteiger partial charge in [-0.3, -0.25) is 4.79 Å². The van der Waals surface area contributed by atoms with Crippen molar-refractivity contribution in [3.63, 3.8) is 0 Å². The summed E-state index contributed by atoms with van der Waals surface area (Å²) in [6.45, 7) is 1.78. The van der Waals surface area contributed by atoms with Gasteiger partial charge in [0, 0.05) is 18.6 Å². The minimum atomic E-state index is -0.849. The highest BCUT2D eigenvalue weighted by Gasteiger charge is 2.12. The fraction of sp³-hybridized carbons (Fsp3) is 0.300. The average molecular weight is 215 g/mol. The molecule has 5 heteroatoms. The molecule has 0 radical (unpaired) electrons. The number of nitrogen functional groups attached to an aromatic ring is 1. The maximum absolute atomic E-state index is 13.1. The van der Waals surface area contributed by atoms with E-state index in [1.807, 2.05) is 0 Å². The zero-order valence-electron chi connectivity index (χ0n) is 8.22. The van der Waals surface area contributed by atoms with E-state index in [0.717, 1.165) is 12.1 Å². The molecule has 0 fully saturated rings. The number of carbonyl (C=O) groups is 1. The number of hydrogen-bond donors (Lipinski definition) is 1. The topological polar surface area (TPSA) is 52.3 Å². The first-order valence-corrected chi connectivity index (χ1v) is 4.49. The number of esters is 1. The SMILES string of the molecule is CCCC(=O)Oc1cc(F)c(N)cc1F. The summed E-state index contributed by atoms with van der Waals surface area (Å²) < 4.78 is 30.6. The molecule has 0 bridgehead atoms. The number of ether oxygens (including phenoxy) is 1. The van der Waals surface area contributed by atoms with Gasteiger partial charge >= 0.3 is 5.97 Å². The van der Waals surface area contributed by atoms with Crippen molar-refractivity contribution < 1.29 is 18.3 Å². The van der Waals surface area contributed by atoms with Crippen LogP contribution in [0.2, 0.25) is 0 Å². The van der Waals surface area contributed by atoms with Crippen molar-refractivity contribution >= 4 is 11.7 Å². The second-order valence-corrected chi connectivity index (χ2v) is 3.03. The molecule has 0 saturated heterocycles. The van der Waals surface area contributed by atoms with Crippen LogP contribution in [0.1, 0.15) is 19.8 Å². The van der Waals surface area contributed by atoms with E-state index in [2.05, 4.69) is 4.74 Å². The fourth-order valence-corrected chi connectivity index (χ4v) is 1.000. The van der Waals surface area contributed by atoms with Gasteiger partial charge in [0.25, 0.3) is 0 Å². The van der Waals surface area contributed by atoms with Gasteiger partial charge in [-0.25, -0.2) is 8.78 Å². The summed E-state index contributed by atoms with van der Waals surface area (Å²) in [7, 11) is 0. The molecule has 0 spiro atoms. The smallest absolute Gasteiger partial charge is 0.311 e. The molecule has 2 N–H and O–H groups in total. The van der Waals surface area contributed by atoms with Gasteiger partial charge in [-0.15, -0.1) is 0 Å². The summed E-state index contributed by atoms with van der Waals surface area (Å²) in [6, 6.07) is 1.54. The molecule has 0 saturated carbocycles. The van der Waals surface area contributed by atoms with Crippen molar-refractivity contribution in [2.75, 3.05) is 5.73 Å². The lowest BCUT2D eigenvalue weighted by molar-refractivity contribution is -0.134. The van der Waals surface area contributed by atoms with Crippen LogP contribution in [0.3, 0.4) is 0 Å². The maximum Gasteiger partial charge on any atom is 0.311 e. The van der Waals surface area contributed by atoms with Crippen molar-refractivity contribution in [3.8, 4) is 5.75 Å². The van der Waals surface area contributed by atoms with Gasteiger partial charge in [-0.05, 0) is 6.42 Å². The lowest BCUT2D eigenvalue weighted by Crippen LogP contribution is -2.08. The molecule has 82 valence electrons. The number of carbonyl (C=O) groups excluding carboxylic acids is 1. The monoisotopic (exact) mass is 215 g/mol. The Morgan fingerprint density at radius 3 is 2.67 bits per heavy atom. The number of hydrogen-bond acceptors (Lipinski definition) is 3. The van der Waals surface area contributed by atoms with E-state index in [0.29, 0.717) is 6.42 Å². The van der Waals surface area contributed by atoms with E-state index < -0.39 is 23.4 Å². The summed E-state index contributed by atoms with van der Waals surface area (Å²) in [5, 5.41) is 0. The number of rotatable bonds is 3. The third-order valence-electron chi connectivity index (χ3n) is 1.73. The Bertz CT molecular complexity index is 380. The van der Waals surface area contributed by atoms with Crippen molar-refractivity contribution in [2.24, 2.45) is 0 Å². The number of benzene rings is 1. The molecule has 0 aliphatic rings. The van der Waals surface area contributed by atoms with Crippen molar-refractivity contribution in [1.82, 2.24) is 0 Å². The lowest BCUT2D eigenvalue weighted by Gasteiger charge is -2.05. The van der Waals surface area contributed by atoms with Gasteiger partial charge in [-0.2, -0.15) is 0 Å². The second-order valence-electron chi connectivity index (χ2n) is 3.03. The molecule has 1 aromatic carbocycles. The van der Waals surface area contributed by atoms with Crippen LogP contribution in [0.25, 0.3) is 0 Å². The summed E-state index contributed by atoms with van der Waals surface area (Å²) in [4.78, 5) is 11.0. The Morgan fingerprint density at radius 2 is 2.07 bits per heavy atom. The average Bonchev–Trinajstić information content (AvgIpc) is 2.14. The highest BCUT2D eigenvalue weighted by atomic mass is 19.1. The Kier molecular flexibility index (Phi) is 3.60. The Labute approximate surface area is 85.8 Å². The molecule has 0 aliphatic heterocycles. The second kappa shape index (κ2) is 4.72. The van der Waals surface area contributed by atoms with Gasteiger partial charge < -0.3 is 10.5 Å². The normalized spacial score (nSPS) is 10.1. The Hall–Kier alpha value is -1.65. The highest BCUT2D eigenvalue weighted by Crippen LogP contribution is 2.23. The van der Waals surface area contributed by atoms with Gasteiger partial charge in [0.05, 0.1) is 5.69 Å². The molecule has 3 nitrogen and oxygen atoms in total. The van der Waals surface area contributed by atoms with E-state index in [-0.39, 0.29) is 12.1 Å². The minimum Gasteiger partial charge on any atom is -0.423 e. The van der Waals surface area contributed by atoms with Crippen molar-refractivity contribution in [3.05, 3.63) is 23.8 Å². The molecular formula is C10H11F2NO2. The van der Waals surface area contributed by atoms with Crippen LogP contribution in [0.15, 0.2) is 12.1 Å². The zero-order valence-corrected chi connectivity index (χ0v) is 8.22. The van der Waals surface area contributed by atoms with Crippen LogP contribution in [-0.2, 0) is 4.79 Å². The molecule has 0 heterocycles. The summed E-state index contributed by atoms with van der Waals surface area (Å²) >= 11 is 0. The van der Waals surface area contributed by atoms with Gasteiger partial charge in [0.1, 0.15) is 5.82 Å². The number of nitrogens with two attached hydrogens (primary N) is 1. The first-order valence-electron chi connectivity index (χ1n) is 4.49. The molecule has 0 amide bonds. The molecule has 1 aromatic rings. The third kappa shape index (κ3) is 2.90. The van der Waals surface area contributed by atoms with E-state index in [1.54, 1.807) is 6.92 Å². The predicted octanol–water partition coefficient (Wildman–Crippen LogP) is 2.25. The zero-order chi connectivity index (χ0) is 11.4. The first kappa shape index (κ1) is 11.4. The third-order valence-corrected chi connectivity index (χ3v) is 1.73. The van der Waals surface area contributed by atoms with Gasteiger partial charge in [0.15, 0.2) is 11.6 Å². The molecule has 0 aromatic heterocycles. The predicted molar refractivity (Wildman–Crippen MR) is 51.3 cm³/mol. The summed E-state index contributed by atoms with van der Waals surface area (Å²) in [6.07, 6.45) is 0.739. The minimum absolute atomic E-state index is 0.158. The summed E-state index contributed by atoms with van der Waals surface area (Å²) in [5.41, 5.74) is 4.81. The lowest BCUT2D eigenvalue weighted by atomic mass is 10.3.